The zero-order valence-corrected chi connectivity index (χ0v) is 26.3. The fourth-order valence-corrected chi connectivity index (χ4v) is 5.33. The van der Waals surface area contributed by atoms with Crippen LogP contribution < -0.4 is 9.47 Å². The van der Waals surface area contributed by atoms with E-state index in [2.05, 4.69) is 13.8 Å². The van der Waals surface area contributed by atoms with Crippen molar-refractivity contribution < 1.29 is 14.6 Å². The van der Waals surface area contributed by atoms with E-state index in [4.69, 9.17) is 9.47 Å². The van der Waals surface area contributed by atoms with Crippen molar-refractivity contribution in [2.75, 3.05) is 13.2 Å². The van der Waals surface area contributed by atoms with Gasteiger partial charge in [-0.15, -0.1) is 0 Å². The van der Waals surface area contributed by atoms with E-state index < -0.39 is 0 Å². The minimum Gasteiger partial charge on any atom is -0.493 e. The van der Waals surface area contributed by atoms with Gasteiger partial charge in [-0.2, -0.15) is 0 Å². The van der Waals surface area contributed by atoms with Gasteiger partial charge in [0, 0.05) is 6.07 Å². The predicted octanol–water partition coefficient (Wildman–Crippen LogP) is 11.7. The Morgan fingerprint density at radius 3 is 0.974 bits per heavy atom. The molecule has 0 aliphatic carbocycles. The summed E-state index contributed by atoms with van der Waals surface area (Å²) < 4.78 is 12.0. The molecule has 1 rings (SSSR count). The Morgan fingerprint density at radius 1 is 0.410 bits per heavy atom. The first kappa shape index (κ1) is 35.8. The van der Waals surface area contributed by atoms with Crippen LogP contribution in [0.25, 0.3) is 0 Å². The first-order valence-corrected chi connectivity index (χ1v) is 17.3. The van der Waals surface area contributed by atoms with Crippen LogP contribution in [0.2, 0.25) is 0 Å². The predicted molar refractivity (Wildman–Crippen MR) is 170 cm³/mol. The van der Waals surface area contributed by atoms with Crippen LogP contribution in [0, 0.1) is 0 Å². The summed E-state index contributed by atoms with van der Waals surface area (Å²) in [6, 6.07) is 5.87. The van der Waals surface area contributed by atoms with Crippen molar-refractivity contribution in [2.24, 2.45) is 0 Å². The highest BCUT2D eigenvalue weighted by Gasteiger charge is 2.04. The molecule has 1 aromatic carbocycles. The molecule has 0 atom stereocenters. The van der Waals surface area contributed by atoms with Crippen molar-refractivity contribution >= 4 is 0 Å². The fourth-order valence-electron chi connectivity index (χ4n) is 5.33. The number of benzene rings is 1. The molecule has 39 heavy (non-hydrogen) atoms. The summed E-state index contributed by atoms with van der Waals surface area (Å²) in [4.78, 5) is 0. The summed E-state index contributed by atoms with van der Waals surface area (Å²) in [6.45, 7) is 6.07. The van der Waals surface area contributed by atoms with E-state index in [9.17, 15) is 5.11 Å². The molecular formula is C36H66O3. The van der Waals surface area contributed by atoms with Crippen molar-refractivity contribution in [2.45, 2.75) is 181 Å². The number of ether oxygens (including phenoxy) is 2. The molecule has 3 heteroatoms. The number of aliphatic hydroxyl groups is 1. The number of hydrogen-bond acceptors (Lipinski definition) is 3. The van der Waals surface area contributed by atoms with Crippen LogP contribution >= 0.6 is 0 Å². The van der Waals surface area contributed by atoms with E-state index >= 15 is 0 Å². The van der Waals surface area contributed by atoms with Gasteiger partial charge in [-0.1, -0.05) is 162 Å². The van der Waals surface area contributed by atoms with Crippen molar-refractivity contribution in [1.29, 1.82) is 0 Å². The maximum atomic E-state index is 9.65. The standard InChI is InChI=1S/C36H66O3/c1-3-5-7-9-11-13-15-16-17-19-21-23-25-27-29-39-36-31-34(33-37)30-35(32-36)38-28-26-24-22-20-18-14-12-10-8-6-4-2/h30-32,37H,3-29,33H2,1-2H3. The lowest BCUT2D eigenvalue weighted by Crippen LogP contribution is -2.01. The molecule has 0 spiro atoms. The van der Waals surface area contributed by atoms with Gasteiger partial charge < -0.3 is 14.6 Å². The molecule has 0 saturated carbocycles. The molecule has 3 nitrogen and oxygen atoms in total. The maximum absolute atomic E-state index is 9.65. The highest BCUT2D eigenvalue weighted by Crippen LogP contribution is 2.24. The van der Waals surface area contributed by atoms with Gasteiger partial charge in [0.05, 0.1) is 19.8 Å². The van der Waals surface area contributed by atoms with Crippen LogP contribution in [0.3, 0.4) is 0 Å². The third-order valence-corrected chi connectivity index (χ3v) is 7.91. The molecule has 0 radical (unpaired) electrons. The average Bonchev–Trinajstić information content (AvgIpc) is 2.95. The summed E-state index contributed by atoms with van der Waals surface area (Å²) in [5.74, 6) is 1.65. The van der Waals surface area contributed by atoms with E-state index in [-0.39, 0.29) is 6.61 Å². The Bertz CT molecular complexity index is 630. The molecular weight excluding hydrogens is 480 g/mol. The molecule has 0 bridgehead atoms. The van der Waals surface area contributed by atoms with Crippen LogP contribution in [-0.4, -0.2) is 18.3 Å². The van der Waals surface area contributed by atoms with Gasteiger partial charge in [-0.3, -0.25) is 0 Å². The third-order valence-electron chi connectivity index (χ3n) is 7.91. The summed E-state index contributed by atoms with van der Waals surface area (Å²) in [6.07, 6.45) is 33.9. The van der Waals surface area contributed by atoms with Crippen LogP contribution in [-0.2, 0) is 6.61 Å². The Morgan fingerprint density at radius 2 is 0.692 bits per heavy atom. The van der Waals surface area contributed by atoms with Crippen LogP contribution in [0.1, 0.15) is 180 Å². The molecule has 0 aromatic heterocycles. The number of aliphatic hydroxyl groups excluding tert-OH is 1. The van der Waals surface area contributed by atoms with Gasteiger partial charge in [-0.05, 0) is 30.5 Å². The van der Waals surface area contributed by atoms with E-state index in [1.54, 1.807) is 0 Å². The Hall–Kier alpha value is -1.22. The van der Waals surface area contributed by atoms with Gasteiger partial charge in [-0.25, -0.2) is 0 Å². The zero-order chi connectivity index (χ0) is 28.1. The van der Waals surface area contributed by atoms with Crippen LogP contribution in [0.5, 0.6) is 11.5 Å². The topological polar surface area (TPSA) is 38.7 Å². The first-order valence-electron chi connectivity index (χ1n) is 17.3. The van der Waals surface area contributed by atoms with Crippen LogP contribution in [0.4, 0.5) is 0 Å². The SMILES string of the molecule is CCCCCCCCCCCCCCCCOc1cc(CO)cc(OCCCCCCCCCCCCC)c1. The van der Waals surface area contributed by atoms with Gasteiger partial charge in [0.2, 0.25) is 0 Å². The number of hydrogen-bond donors (Lipinski definition) is 1. The van der Waals surface area contributed by atoms with Crippen molar-refractivity contribution in [3.63, 3.8) is 0 Å². The van der Waals surface area contributed by atoms with Gasteiger partial charge in [0.15, 0.2) is 0 Å². The molecule has 0 fully saturated rings. The normalized spacial score (nSPS) is 11.3. The molecule has 228 valence electrons. The van der Waals surface area contributed by atoms with E-state index in [0.29, 0.717) is 0 Å². The molecule has 0 aliphatic heterocycles. The fraction of sp³-hybridized carbons (Fsp3) is 0.833. The van der Waals surface area contributed by atoms with Crippen molar-refractivity contribution in [1.82, 2.24) is 0 Å². The Balaban J connectivity index is 2.02. The van der Waals surface area contributed by atoms with E-state index in [1.807, 2.05) is 18.2 Å². The lowest BCUT2D eigenvalue weighted by Gasteiger charge is -2.12. The lowest BCUT2D eigenvalue weighted by molar-refractivity contribution is 0.271. The minimum atomic E-state index is 0.0187. The highest BCUT2D eigenvalue weighted by molar-refractivity contribution is 5.38. The third kappa shape index (κ3) is 23.2. The second-order valence-electron chi connectivity index (χ2n) is 11.8. The number of unbranched alkanes of at least 4 members (excludes halogenated alkanes) is 23. The first-order chi connectivity index (χ1) is 19.3. The molecule has 0 amide bonds. The monoisotopic (exact) mass is 547 g/mol. The largest absolute Gasteiger partial charge is 0.493 e. The quantitative estimate of drug-likeness (QED) is 0.0975. The second kappa shape index (κ2) is 28.3. The molecule has 0 heterocycles. The second-order valence-corrected chi connectivity index (χ2v) is 11.8. The van der Waals surface area contributed by atoms with E-state index in [0.717, 1.165) is 43.1 Å². The number of rotatable bonds is 30. The maximum Gasteiger partial charge on any atom is 0.123 e. The Labute approximate surface area is 243 Å². The molecule has 0 unspecified atom stereocenters. The van der Waals surface area contributed by atoms with Gasteiger partial charge in [0.1, 0.15) is 11.5 Å². The van der Waals surface area contributed by atoms with Crippen LogP contribution in [0.15, 0.2) is 18.2 Å². The summed E-state index contributed by atoms with van der Waals surface area (Å²) >= 11 is 0. The van der Waals surface area contributed by atoms with Crippen molar-refractivity contribution in [3.8, 4) is 11.5 Å². The Kier molecular flexibility index (Phi) is 26.0. The smallest absolute Gasteiger partial charge is 0.123 e. The zero-order valence-electron chi connectivity index (χ0n) is 26.3. The van der Waals surface area contributed by atoms with Gasteiger partial charge in [0.25, 0.3) is 0 Å². The molecule has 0 aliphatic rings. The van der Waals surface area contributed by atoms with Crippen molar-refractivity contribution in [3.05, 3.63) is 23.8 Å². The van der Waals surface area contributed by atoms with E-state index in [1.165, 1.54) is 148 Å². The average molecular weight is 547 g/mol. The summed E-state index contributed by atoms with van der Waals surface area (Å²) in [5, 5.41) is 9.65. The summed E-state index contributed by atoms with van der Waals surface area (Å²) in [7, 11) is 0. The highest BCUT2D eigenvalue weighted by atomic mass is 16.5. The van der Waals surface area contributed by atoms with Gasteiger partial charge >= 0.3 is 0 Å². The lowest BCUT2D eigenvalue weighted by atomic mass is 10.0. The molecule has 1 N–H and O–H groups in total. The molecule has 1 aromatic rings. The minimum absolute atomic E-state index is 0.0187. The molecule has 0 saturated heterocycles. The summed E-state index contributed by atoms with van der Waals surface area (Å²) in [5.41, 5.74) is 0.863.